The molecule has 0 spiro atoms. The molecule has 1 saturated heterocycles. The monoisotopic (exact) mass is 458 g/mol. The number of halogens is 3. The second-order valence-electron chi connectivity index (χ2n) is 6.23. The molecule has 1 fully saturated rings. The Morgan fingerprint density at radius 3 is 2.74 bits per heavy atom. The average molecular weight is 460 g/mol. The van der Waals surface area contributed by atoms with Crippen molar-refractivity contribution in [3.63, 3.8) is 0 Å². The van der Waals surface area contributed by atoms with Crippen LogP contribution in [0.2, 0.25) is 5.15 Å². The van der Waals surface area contributed by atoms with Gasteiger partial charge in [-0.25, -0.2) is 4.39 Å². The van der Waals surface area contributed by atoms with Gasteiger partial charge in [0, 0.05) is 26.6 Å². The van der Waals surface area contributed by atoms with Crippen LogP contribution in [0.3, 0.4) is 0 Å². The fraction of sp³-hybridized carbons (Fsp3) is 0.353. The van der Waals surface area contributed by atoms with Gasteiger partial charge in [0.2, 0.25) is 11.8 Å². The molecule has 144 valence electrons. The molecule has 2 amide bonds. The van der Waals surface area contributed by atoms with E-state index in [0.29, 0.717) is 21.9 Å². The lowest BCUT2D eigenvalue weighted by Crippen LogP contribution is -2.33. The number of ether oxygens (including phenoxy) is 1. The number of benzene rings is 1. The summed E-state index contributed by atoms with van der Waals surface area (Å²) in [6.07, 6.45) is 0. The van der Waals surface area contributed by atoms with E-state index in [-0.39, 0.29) is 17.3 Å². The maximum Gasteiger partial charge on any atom is 0.237 e. The molecular formula is C17H17BrClFN4O3. The molecule has 1 aliphatic heterocycles. The van der Waals surface area contributed by atoms with Gasteiger partial charge in [-0.2, -0.15) is 5.10 Å². The number of likely N-dealkylation sites (tertiary alicyclic amines) is 1. The number of rotatable bonds is 4. The van der Waals surface area contributed by atoms with Gasteiger partial charge in [0.25, 0.3) is 0 Å². The highest BCUT2D eigenvalue weighted by Crippen LogP contribution is 2.39. The van der Waals surface area contributed by atoms with E-state index >= 15 is 0 Å². The minimum Gasteiger partial charge on any atom is -0.492 e. The summed E-state index contributed by atoms with van der Waals surface area (Å²) in [5.41, 5.74) is 0.674. The van der Waals surface area contributed by atoms with Crippen molar-refractivity contribution in [2.45, 2.75) is 5.92 Å². The molecule has 1 aromatic carbocycles. The fourth-order valence-corrected chi connectivity index (χ4v) is 3.96. The first kappa shape index (κ1) is 19.6. The van der Waals surface area contributed by atoms with E-state index in [2.05, 4.69) is 26.3 Å². The lowest BCUT2D eigenvalue weighted by atomic mass is 9.91. The third-order valence-corrected chi connectivity index (χ3v) is 5.97. The summed E-state index contributed by atoms with van der Waals surface area (Å²) in [6.45, 7) is 0.309. The summed E-state index contributed by atoms with van der Waals surface area (Å²) >= 11 is 9.54. The number of aromatic nitrogens is 2. The lowest BCUT2D eigenvalue weighted by Gasteiger charge is -2.17. The number of hydrogen-bond acceptors (Lipinski definition) is 4. The van der Waals surface area contributed by atoms with Crippen molar-refractivity contribution in [2.24, 2.45) is 13.0 Å². The molecule has 1 N–H and O–H groups in total. The molecule has 0 saturated carbocycles. The Morgan fingerprint density at radius 1 is 1.44 bits per heavy atom. The summed E-state index contributed by atoms with van der Waals surface area (Å²) in [5, 5.41) is 7.32. The predicted octanol–water partition coefficient (Wildman–Crippen LogP) is 2.79. The molecule has 0 bridgehead atoms. The fourth-order valence-electron chi connectivity index (χ4n) is 3.20. The molecule has 0 unspecified atom stereocenters. The number of amides is 2. The molecule has 2 atom stereocenters. The van der Waals surface area contributed by atoms with Crippen molar-refractivity contribution < 1.29 is 18.7 Å². The van der Waals surface area contributed by atoms with Crippen LogP contribution in [0.5, 0.6) is 5.75 Å². The van der Waals surface area contributed by atoms with Crippen LogP contribution in [-0.4, -0.2) is 47.2 Å². The number of para-hydroxylation sites is 1. The Hall–Kier alpha value is -2.13. The van der Waals surface area contributed by atoms with Crippen molar-refractivity contribution in [1.82, 2.24) is 14.7 Å². The largest absolute Gasteiger partial charge is 0.492 e. The minimum absolute atomic E-state index is 0.0942. The topological polar surface area (TPSA) is 76.5 Å². The van der Waals surface area contributed by atoms with E-state index in [9.17, 15) is 14.0 Å². The normalized spacial score (nSPS) is 19.5. The van der Waals surface area contributed by atoms with Gasteiger partial charge >= 0.3 is 0 Å². The zero-order valence-corrected chi connectivity index (χ0v) is 17.1. The average Bonchev–Trinajstić information content (AvgIpc) is 3.06. The summed E-state index contributed by atoms with van der Waals surface area (Å²) in [4.78, 5) is 27.0. The molecule has 2 aromatic rings. The molecule has 1 aliphatic rings. The SMILES string of the molecule is COc1c(F)cccc1NC(=O)[C@H]1C(=O)N(C)C[C@@H]1c1nn(C)c(Cl)c1Br. The van der Waals surface area contributed by atoms with E-state index in [4.69, 9.17) is 16.3 Å². The number of nitrogens with one attached hydrogen (secondary N) is 1. The Kier molecular flexibility index (Phi) is 5.43. The molecule has 7 nitrogen and oxygen atoms in total. The number of carbonyl (C=O) groups excluding carboxylic acids is 2. The van der Waals surface area contributed by atoms with Crippen LogP contribution in [0.1, 0.15) is 11.6 Å². The van der Waals surface area contributed by atoms with Crippen LogP contribution in [0, 0.1) is 11.7 Å². The van der Waals surface area contributed by atoms with E-state index in [1.165, 1.54) is 34.9 Å². The van der Waals surface area contributed by atoms with Crippen LogP contribution in [0.25, 0.3) is 0 Å². The molecule has 1 aromatic heterocycles. The van der Waals surface area contributed by atoms with Gasteiger partial charge in [-0.05, 0) is 28.1 Å². The highest BCUT2D eigenvalue weighted by atomic mass is 79.9. The standard InChI is InChI=1S/C17H17BrClFN4O3/c1-23-7-8(13-12(18)15(19)24(2)22-13)11(17(23)26)16(25)21-10-6-4-5-9(20)14(10)27-3/h4-6,8,11H,7H2,1-3H3,(H,21,25)/t8-,11-/m0/s1. The number of carbonyl (C=O) groups is 2. The second kappa shape index (κ2) is 7.47. The number of methoxy groups -OCH3 is 1. The first-order valence-corrected chi connectivity index (χ1v) is 9.19. The zero-order chi connectivity index (χ0) is 19.9. The Morgan fingerprint density at radius 2 is 2.15 bits per heavy atom. The van der Waals surface area contributed by atoms with Gasteiger partial charge in [-0.15, -0.1) is 0 Å². The highest BCUT2D eigenvalue weighted by molar-refractivity contribution is 9.10. The van der Waals surface area contributed by atoms with Crippen molar-refractivity contribution in [1.29, 1.82) is 0 Å². The molecule has 0 radical (unpaired) electrons. The summed E-state index contributed by atoms with van der Waals surface area (Å²) in [6, 6.07) is 4.17. The highest BCUT2D eigenvalue weighted by Gasteiger charge is 2.46. The third-order valence-electron chi connectivity index (χ3n) is 4.53. The van der Waals surface area contributed by atoms with E-state index < -0.39 is 23.6 Å². The number of hydrogen-bond donors (Lipinski definition) is 1. The molecule has 0 aliphatic carbocycles. The third kappa shape index (κ3) is 3.41. The number of nitrogens with zero attached hydrogens (tertiary/aromatic N) is 3. The van der Waals surface area contributed by atoms with Gasteiger partial charge in [0.15, 0.2) is 11.6 Å². The Bertz CT molecular complexity index is 920. The summed E-state index contributed by atoms with van der Waals surface area (Å²) in [7, 11) is 4.59. The zero-order valence-electron chi connectivity index (χ0n) is 14.8. The van der Waals surface area contributed by atoms with Crippen LogP contribution in [0.15, 0.2) is 22.7 Å². The van der Waals surface area contributed by atoms with E-state index in [1.807, 2.05) is 0 Å². The van der Waals surface area contributed by atoms with Crippen molar-refractivity contribution >= 4 is 45.0 Å². The van der Waals surface area contributed by atoms with Gasteiger partial charge < -0.3 is 15.0 Å². The quantitative estimate of drug-likeness (QED) is 0.714. The predicted molar refractivity (Wildman–Crippen MR) is 101 cm³/mol. The smallest absolute Gasteiger partial charge is 0.237 e. The maximum absolute atomic E-state index is 13.9. The van der Waals surface area contributed by atoms with E-state index in [1.54, 1.807) is 14.1 Å². The van der Waals surface area contributed by atoms with Gasteiger partial charge in [-0.3, -0.25) is 14.3 Å². The first-order valence-electron chi connectivity index (χ1n) is 8.02. The van der Waals surface area contributed by atoms with Crippen molar-refractivity contribution in [3.8, 4) is 5.75 Å². The lowest BCUT2D eigenvalue weighted by molar-refractivity contribution is -0.135. The summed E-state index contributed by atoms with van der Waals surface area (Å²) < 4.78 is 20.9. The van der Waals surface area contributed by atoms with Gasteiger partial charge in [-0.1, -0.05) is 17.7 Å². The van der Waals surface area contributed by atoms with Crippen LogP contribution in [0.4, 0.5) is 10.1 Å². The Labute approximate surface area is 168 Å². The van der Waals surface area contributed by atoms with Crippen LogP contribution in [-0.2, 0) is 16.6 Å². The van der Waals surface area contributed by atoms with Crippen LogP contribution < -0.4 is 10.1 Å². The van der Waals surface area contributed by atoms with Crippen LogP contribution >= 0.6 is 27.5 Å². The van der Waals surface area contributed by atoms with Crippen molar-refractivity contribution in [2.75, 3.05) is 26.0 Å². The van der Waals surface area contributed by atoms with E-state index in [0.717, 1.165) is 0 Å². The Balaban J connectivity index is 1.95. The van der Waals surface area contributed by atoms with Crippen molar-refractivity contribution in [3.05, 3.63) is 39.3 Å². The summed E-state index contributed by atoms with van der Waals surface area (Å²) in [5.74, 6) is -3.14. The molecular weight excluding hydrogens is 443 g/mol. The minimum atomic E-state index is -1.02. The molecule has 27 heavy (non-hydrogen) atoms. The van der Waals surface area contributed by atoms with Gasteiger partial charge in [0.1, 0.15) is 11.1 Å². The molecule has 10 heteroatoms. The first-order chi connectivity index (χ1) is 12.8. The second-order valence-corrected chi connectivity index (χ2v) is 7.38. The van der Waals surface area contributed by atoms with Gasteiger partial charge in [0.05, 0.1) is 23.0 Å². The number of anilines is 1. The molecule has 3 rings (SSSR count). The number of likely N-dealkylation sites (N-methyl/N-ethyl adjacent to an activating group) is 1. The maximum atomic E-state index is 13.9. The molecule has 2 heterocycles. The number of aryl methyl sites for hydroxylation is 1.